The molecule has 1 N–H and O–H groups in total. The molecule has 2 fully saturated rings. The van der Waals surface area contributed by atoms with Gasteiger partial charge in [0.1, 0.15) is 6.04 Å². The van der Waals surface area contributed by atoms with Crippen molar-refractivity contribution in [3.63, 3.8) is 0 Å². The fourth-order valence-corrected chi connectivity index (χ4v) is 3.29. The number of hydrogen-bond acceptors (Lipinski definition) is 2. The number of urea groups is 1. The highest BCUT2D eigenvalue weighted by Crippen LogP contribution is 2.28. The highest BCUT2D eigenvalue weighted by Gasteiger charge is 2.38. The topological polar surface area (TPSA) is 60.9 Å². The number of hydrogen-bond donors (Lipinski definition) is 1. The Morgan fingerprint density at radius 3 is 2.45 bits per heavy atom. The van der Waals surface area contributed by atoms with Gasteiger partial charge in [0.25, 0.3) is 0 Å². The molecule has 0 saturated carbocycles. The van der Waals surface area contributed by atoms with E-state index in [-0.39, 0.29) is 6.03 Å². The standard InChI is InChI=1S/C15H26N2O3/c1-10(2)12-5-6-16(9-12)15(20)17-7-4-11(3)8-13(17)14(18)19/h10-13H,4-9H2,1-3H3,(H,18,19). The minimum Gasteiger partial charge on any atom is -0.480 e. The van der Waals surface area contributed by atoms with Crippen LogP contribution in [0, 0.1) is 17.8 Å². The molecule has 20 heavy (non-hydrogen) atoms. The van der Waals surface area contributed by atoms with Crippen LogP contribution in [0.5, 0.6) is 0 Å². The molecular formula is C15H26N2O3. The van der Waals surface area contributed by atoms with E-state index in [1.807, 2.05) is 4.90 Å². The molecule has 3 atom stereocenters. The summed E-state index contributed by atoms with van der Waals surface area (Å²) in [6.45, 7) is 8.53. The lowest BCUT2D eigenvalue weighted by Crippen LogP contribution is -2.54. The Morgan fingerprint density at radius 2 is 1.90 bits per heavy atom. The predicted molar refractivity (Wildman–Crippen MR) is 76.4 cm³/mol. The van der Waals surface area contributed by atoms with Crippen LogP contribution in [0.25, 0.3) is 0 Å². The van der Waals surface area contributed by atoms with Crippen molar-refractivity contribution in [2.24, 2.45) is 17.8 Å². The maximum absolute atomic E-state index is 12.6. The molecule has 2 saturated heterocycles. The summed E-state index contributed by atoms with van der Waals surface area (Å²) in [5, 5.41) is 9.35. The normalized spacial score (nSPS) is 30.9. The van der Waals surface area contributed by atoms with Gasteiger partial charge in [-0.2, -0.15) is 0 Å². The molecule has 2 rings (SSSR count). The lowest BCUT2D eigenvalue weighted by molar-refractivity contribution is -0.144. The fraction of sp³-hybridized carbons (Fsp3) is 0.867. The van der Waals surface area contributed by atoms with Crippen molar-refractivity contribution in [3.05, 3.63) is 0 Å². The Labute approximate surface area is 120 Å². The molecule has 3 unspecified atom stereocenters. The molecule has 2 heterocycles. The van der Waals surface area contributed by atoms with Crippen molar-refractivity contribution >= 4 is 12.0 Å². The molecule has 0 aromatic carbocycles. The monoisotopic (exact) mass is 282 g/mol. The second-order valence-electron chi connectivity index (χ2n) is 6.70. The van der Waals surface area contributed by atoms with Crippen molar-refractivity contribution in [2.45, 2.75) is 46.1 Å². The Hall–Kier alpha value is -1.26. The number of likely N-dealkylation sites (tertiary alicyclic amines) is 2. The van der Waals surface area contributed by atoms with Crippen LogP contribution in [0.15, 0.2) is 0 Å². The van der Waals surface area contributed by atoms with Crippen LogP contribution in [-0.4, -0.2) is 52.6 Å². The zero-order valence-corrected chi connectivity index (χ0v) is 12.7. The molecular weight excluding hydrogens is 256 g/mol. The third-order valence-electron chi connectivity index (χ3n) is 4.83. The predicted octanol–water partition coefficient (Wildman–Crippen LogP) is 2.27. The summed E-state index contributed by atoms with van der Waals surface area (Å²) in [6.07, 6.45) is 2.50. The minimum absolute atomic E-state index is 0.0764. The van der Waals surface area contributed by atoms with Gasteiger partial charge < -0.3 is 14.9 Å². The largest absolute Gasteiger partial charge is 0.480 e. The SMILES string of the molecule is CC1CCN(C(=O)N2CCC(C(C)C)C2)C(C(=O)O)C1. The van der Waals surface area contributed by atoms with Crippen molar-refractivity contribution in [2.75, 3.05) is 19.6 Å². The summed E-state index contributed by atoms with van der Waals surface area (Å²) < 4.78 is 0. The molecule has 114 valence electrons. The zero-order chi connectivity index (χ0) is 14.9. The lowest BCUT2D eigenvalue weighted by Gasteiger charge is -2.38. The van der Waals surface area contributed by atoms with Gasteiger partial charge in [0, 0.05) is 19.6 Å². The first-order valence-corrected chi connectivity index (χ1v) is 7.68. The number of carbonyl (C=O) groups is 2. The van der Waals surface area contributed by atoms with Gasteiger partial charge in [-0.05, 0) is 37.0 Å². The van der Waals surface area contributed by atoms with Gasteiger partial charge in [-0.1, -0.05) is 20.8 Å². The summed E-state index contributed by atoms with van der Waals surface area (Å²) in [7, 11) is 0. The van der Waals surface area contributed by atoms with Gasteiger partial charge >= 0.3 is 12.0 Å². The number of carbonyl (C=O) groups excluding carboxylic acids is 1. The third kappa shape index (κ3) is 3.07. The van der Waals surface area contributed by atoms with Gasteiger partial charge in [0.15, 0.2) is 0 Å². The van der Waals surface area contributed by atoms with E-state index in [0.29, 0.717) is 30.7 Å². The van der Waals surface area contributed by atoms with E-state index < -0.39 is 12.0 Å². The summed E-state index contributed by atoms with van der Waals surface area (Å²) >= 11 is 0. The molecule has 2 amide bonds. The van der Waals surface area contributed by atoms with E-state index in [1.54, 1.807) is 4.90 Å². The highest BCUT2D eigenvalue weighted by atomic mass is 16.4. The first-order valence-electron chi connectivity index (χ1n) is 7.68. The van der Waals surface area contributed by atoms with E-state index in [2.05, 4.69) is 20.8 Å². The van der Waals surface area contributed by atoms with Crippen LogP contribution in [-0.2, 0) is 4.79 Å². The van der Waals surface area contributed by atoms with Gasteiger partial charge in [-0.25, -0.2) is 9.59 Å². The first-order chi connectivity index (χ1) is 9.40. The molecule has 0 aromatic rings. The maximum atomic E-state index is 12.6. The van der Waals surface area contributed by atoms with Crippen LogP contribution in [0.4, 0.5) is 4.79 Å². The average Bonchev–Trinajstić information content (AvgIpc) is 2.87. The van der Waals surface area contributed by atoms with E-state index in [0.717, 1.165) is 25.9 Å². The first kappa shape index (κ1) is 15.1. The van der Waals surface area contributed by atoms with Crippen LogP contribution in [0.3, 0.4) is 0 Å². The van der Waals surface area contributed by atoms with E-state index in [4.69, 9.17) is 0 Å². The second-order valence-corrected chi connectivity index (χ2v) is 6.70. The average molecular weight is 282 g/mol. The Bertz CT molecular complexity index is 383. The van der Waals surface area contributed by atoms with E-state index in [1.165, 1.54) is 0 Å². The number of piperidine rings is 1. The van der Waals surface area contributed by atoms with Crippen LogP contribution in [0.2, 0.25) is 0 Å². The van der Waals surface area contributed by atoms with Crippen molar-refractivity contribution in [3.8, 4) is 0 Å². The zero-order valence-electron chi connectivity index (χ0n) is 12.7. The Kier molecular flexibility index (Phi) is 4.55. The number of carboxylic acid groups (broad SMARTS) is 1. The Balaban J connectivity index is 2.02. The van der Waals surface area contributed by atoms with Crippen LogP contribution >= 0.6 is 0 Å². The lowest BCUT2D eigenvalue weighted by atomic mass is 9.92. The summed E-state index contributed by atoms with van der Waals surface area (Å²) in [5.74, 6) is 0.627. The van der Waals surface area contributed by atoms with Crippen LogP contribution in [0.1, 0.15) is 40.0 Å². The van der Waals surface area contributed by atoms with Gasteiger partial charge in [-0.3, -0.25) is 0 Å². The van der Waals surface area contributed by atoms with Crippen LogP contribution < -0.4 is 0 Å². The molecule has 2 aliphatic rings. The number of carboxylic acids is 1. The molecule has 0 aromatic heterocycles. The molecule has 2 aliphatic heterocycles. The summed E-state index contributed by atoms with van der Waals surface area (Å²) in [5.41, 5.74) is 0. The highest BCUT2D eigenvalue weighted by molar-refractivity contribution is 5.83. The van der Waals surface area contributed by atoms with Gasteiger partial charge in [0.2, 0.25) is 0 Å². The Morgan fingerprint density at radius 1 is 1.20 bits per heavy atom. The molecule has 0 radical (unpaired) electrons. The number of amides is 2. The molecule has 0 spiro atoms. The second kappa shape index (κ2) is 6.02. The summed E-state index contributed by atoms with van der Waals surface area (Å²) in [4.78, 5) is 27.4. The van der Waals surface area contributed by atoms with Crippen molar-refractivity contribution in [1.82, 2.24) is 9.80 Å². The molecule has 0 aliphatic carbocycles. The van der Waals surface area contributed by atoms with Gasteiger partial charge in [0.05, 0.1) is 0 Å². The fourth-order valence-electron chi connectivity index (χ4n) is 3.29. The molecule has 5 nitrogen and oxygen atoms in total. The van der Waals surface area contributed by atoms with E-state index in [9.17, 15) is 14.7 Å². The minimum atomic E-state index is -0.871. The number of aliphatic carboxylic acids is 1. The van der Waals surface area contributed by atoms with Crippen molar-refractivity contribution in [1.29, 1.82) is 0 Å². The third-order valence-corrected chi connectivity index (χ3v) is 4.83. The van der Waals surface area contributed by atoms with Crippen molar-refractivity contribution < 1.29 is 14.7 Å². The summed E-state index contributed by atoms with van der Waals surface area (Å²) in [6, 6.07) is -0.725. The van der Waals surface area contributed by atoms with Gasteiger partial charge in [-0.15, -0.1) is 0 Å². The smallest absolute Gasteiger partial charge is 0.326 e. The molecule has 0 bridgehead atoms. The number of rotatable bonds is 2. The quantitative estimate of drug-likeness (QED) is 0.845. The maximum Gasteiger partial charge on any atom is 0.326 e. The van der Waals surface area contributed by atoms with E-state index >= 15 is 0 Å². The number of nitrogens with zero attached hydrogens (tertiary/aromatic N) is 2. The molecule has 5 heteroatoms.